The Hall–Kier alpha value is -1.14. The van der Waals surface area contributed by atoms with E-state index in [0.717, 1.165) is 47.8 Å². The molecule has 0 aliphatic carbocycles. The summed E-state index contributed by atoms with van der Waals surface area (Å²) >= 11 is 7.68. The van der Waals surface area contributed by atoms with Crippen molar-refractivity contribution in [3.8, 4) is 0 Å². The van der Waals surface area contributed by atoms with Crippen molar-refractivity contribution in [1.82, 2.24) is 10.3 Å². The SMILES string of the molecule is Cl.O=C(Nc1ncc(Cc2ccccc2Cl)s1)C1CCCNC1. The predicted molar refractivity (Wildman–Crippen MR) is 97.8 cm³/mol. The second-order valence-corrected chi connectivity index (χ2v) is 6.95. The first-order valence-electron chi connectivity index (χ1n) is 7.42. The summed E-state index contributed by atoms with van der Waals surface area (Å²) in [6.45, 7) is 1.76. The number of thiazole rings is 1. The lowest BCUT2D eigenvalue weighted by atomic mass is 9.99. The number of rotatable bonds is 4. The Morgan fingerprint density at radius 2 is 2.26 bits per heavy atom. The number of anilines is 1. The van der Waals surface area contributed by atoms with Gasteiger partial charge in [0.1, 0.15) is 0 Å². The van der Waals surface area contributed by atoms with Gasteiger partial charge in [0.2, 0.25) is 5.91 Å². The number of benzene rings is 1. The molecule has 1 unspecified atom stereocenters. The van der Waals surface area contributed by atoms with Crippen LogP contribution in [-0.4, -0.2) is 24.0 Å². The average Bonchev–Trinajstić information content (AvgIpc) is 2.97. The smallest absolute Gasteiger partial charge is 0.230 e. The number of hydrogen-bond acceptors (Lipinski definition) is 4. The fourth-order valence-corrected chi connectivity index (χ4v) is 3.60. The Morgan fingerprint density at radius 3 is 3.00 bits per heavy atom. The summed E-state index contributed by atoms with van der Waals surface area (Å²) in [7, 11) is 0. The summed E-state index contributed by atoms with van der Waals surface area (Å²) in [6, 6.07) is 7.79. The molecule has 1 atom stereocenters. The number of piperidine rings is 1. The zero-order valence-electron chi connectivity index (χ0n) is 12.5. The van der Waals surface area contributed by atoms with Gasteiger partial charge in [-0.25, -0.2) is 4.98 Å². The van der Waals surface area contributed by atoms with Crippen molar-refractivity contribution in [3.63, 3.8) is 0 Å². The van der Waals surface area contributed by atoms with E-state index in [4.69, 9.17) is 11.6 Å². The largest absolute Gasteiger partial charge is 0.316 e. The third kappa shape index (κ3) is 4.91. The van der Waals surface area contributed by atoms with Crippen LogP contribution >= 0.6 is 35.3 Å². The van der Waals surface area contributed by atoms with E-state index in [1.807, 2.05) is 30.5 Å². The molecule has 2 aromatic rings. The highest BCUT2D eigenvalue weighted by Crippen LogP contribution is 2.25. The molecule has 0 bridgehead atoms. The molecule has 1 aliphatic heterocycles. The van der Waals surface area contributed by atoms with E-state index in [0.29, 0.717) is 5.13 Å². The molecular formula is C16H19Cl2N3OS. The van der Waals surface area contributed by atoms with Gasteiger partial charge in [0.25, 0.3) is 0 Å². The molecule has 1 amide bonds. The van der Waals surface area contributed by atoms with Gasteiger partial charge in [-0.2, -0.15) is 0 Å². The van der Waals surface area contributed by atoms with Gasteiger partial charge in [-0.15, -0.1) is 23.7 Å². The maximum atomic E-state index is 12.2. The lowest BCUT2D eigenvalue weighted by Gasteiger charge is -2.21. The lowest BCUT2D eigenvalue weighted by molar-refractivity contribution is -0.120. The van der Waals surface area contributed by atoms with Crippen molar-refractivity contribution < 1.29 is 4.79 Å². The minimum absolute atomic E-state index is 0. The third-order valence-corrected chi connectivity index (χ3v) is 5.06. The number of carbonyl (C=O) groups excluding carboxylic acids is 1. The van der Waals surface area contributed by atoms with Gasteiger partial charge in [-0.05, 0) is 31.0 Å². The maximum Gasteiger partial charge on any atom is 0.230 e. The molecule has 1 aliphatic rings. The van der Waals surface area contributed by atoms with Crippen molar-refractivity contribution in [2.24, 2.45) is 5.92 Å². The second kappa shape index (κ2) is 8.64. The molecule has 4 nitrogen and oxygen atoms in total. The van der Waals surface area contributed by atoms with E-state index in [1.165, 1.54) is 11.3 Å². The van der Waals surface area contributed by atoms with Gasteiger partial charge < -0.3 is 10.6 Å². The monoisotopic (exact) mass is 371 g/mol. The highest BCUT2D eigenvalue weighted by molar-refractivity contribution is 7.15. The zero-order chi connectivity index (χ0) is 15.4. The molecule has 0 radical (unpaired) electrons. The number of nitrogens with one attached hydrogen (secondary N) is 2. The van der Waals surface area contributed by atoms with Crippen LogP contribution in [0.4, 0.5) is 5.13 Å². The molecule has 2 N–H and O–H groups in total. The molecule has 2 heterocycles. The fraction of sp³-hybridized carbons (Fsp3) is 0.375. The Labute approximate surface area is 151 Å². The molecule has 1 aromatic heterocycles. The van der Waals surface area contributed by atoms with Crippen LogP contribution in [-0.2, 0) is 11.2 Å². The first kappa shape index (κ1) is 18.2. The van der Waals surface area contributed by atoms with Crippen LogP contribution in [0.1, 0.15) is 23.3 Å². The number of amides is 1. The van der Waals surface area contributed by atoms with E-state index in [9.17, 15) is 4.79 Å². The molecule has 23 heavy (non-hydrogen) atoms. The summed E-state index contributed by atoms with van der Waals surface area (Å²) in [5.74, 6) is 0.107. The highest BCUT2D eigenvalue weighted by Gasteiger charge is 2.21. The molecule has 0 spiro atoms. The van der Waals surface area contributed by atoms with E-state index in [-0.39, 0.29) is 24.2 Å². The Morgan fingerprint density at radius 1 is 1.43 bits per heavy atom. The Kier molecular flexibility index (Phi) is 6.84. The summed E-state index contributed by atoms with van der Waals surface area (Å²) < 4.78 is 0. The molecule has 7 heteroatoms. The van der Waals surface area contributed by atoms with Gasteiger partial charge >= 0.3 is 0 Å². The number of hydrogen-bond donors (Lipinski definition) is 2. The summed E-state index contributed by atoms with van der Waals surface area (Å²) in [4.78, 5) is 17.6. The van der Waals surface area contributed by atoms with Crippen LogP contribution in [0.25, 0.3) is 0 Å². The summed E-state index contributed by atoms with van der Waals surface area (Å²) in [6.07, 6.45) is 4.53. The van der Waals surface area contributed by atoms with Crippen LogP contribution < -0.4 is 10.6 Å². The van der Waals surface area contributed by atoms with Crippen molar-refractivity contribution in [3.05, 3.63) is 45.9 Å². The summed E-state index contributed by atoms with van der Waals surface area (Å²) in [5, 5.41) is 7.60. The van der Waals surface area contributed by atoms with Crippen molar-refractivity contribution in [2.75, 3.05) is 18.4 Å². The van der Waals surface area contributed by atoms with Crippen molar-refractivity contribution in [2.45, 2.75) is 19.3 Å². The van der Waals surface area contributed by atoms with E-state index >= 15 is 0 Å². The molecule has 1 saturated heterocycles. The normalized spacial score (nSPS) is 17.3. The maximum absolute atomic E-state index is 12.2. The molecular weight excluding hydrogens is 353 g/mol. The van der Waals surface area contributed by atoms with Crippen LogP contribution in [0.5, 0.6) is 0 Å². The van der Waals surface area contributed by atoms with Crippen LogP contribution in [0.2, 0.25) is 5.02 Å². The summed E-state index contributed by atoms with van der Waals surface area (Å²) in [5.41, 5.74) is 1.07. The number of nitrogens with zero attached hydrogens (tertiary/aromatic N) is 1. The van der Waals surface area contributed by atoms with Gasteiger partial charge in [-0.1, -0.05) is 29.8 Å². The topological polar surface area (TPSA) is 54.0 Å². The first-order valence-corrected chi connectivity index (χ1v) is 8.61. The van der Waals surface area contributed by atoms with Gasteiger partial charge in [0.15, 0.2) is 5.13 Å². The van der Waals surface area contributed by atoms with Gasteiger partial charge in [0.05, 0.1) is 5.92 Å². The number of halogens is 2. The third-order valence-electron chi connectivity index (χ3n) is 3.77. The molecule has 3 rings (SSSR count). The van der Waals surface area contributed by atoms with Crippen molar-refractivity contribution >= 4 is 46.4 Å². The molecule has 1 aromatic carbocycles. The predicted octanol–water partition coefficient (Wildman–Crippen LogP) is 3.75. The number of aromatic nitrogens is 1. The highest BCUT2D eigenvalue weighted by atomic mass is 35.5. The zero-order valence-corrected chi connectivity index (χ0v) is 14.9. The van der Waals surface area contributed by atoms with Gasteiger partial charge in [-0.3, -0.25) is 4.79 Å². The van der Waals surface area contributed by atoms with E-state index in [2.05, 4.69) is 15.6 Å². The minimum atomic E-state index is 0. The Balaban J connectivity index is 0.00000192. The van der Waals surface area contributed by atoms with Crippen LogP contribution in [0.3, 0.4) is 0 Å². The standard InChI is InChI=1S/C16H18ClN3OS.ClH/c17-14-6-2-1-4-11(14)8-13-10-19-16(22-13)20-15(21)12-5-3-7-18-9-12;/h1-2,4,6,10,12,18H,3,5,7-9H2,(H,19,20,21);1H. The minimum Gasteiger partial charge on any atom is -0.316 e. The molecule has 0 saturated carbocycles. The van der Waals surface area contributed by atoms with E-state index in [1.54, 1.807) is 0 Å². The molecule has 124 valence electrons. The Bertz CT molecular complexity index is 656. The van der Waals surface area contributed by atoms with Crippen LogP contribution in [0.15, 0.2) is 30.5 Å². The fourth-order valence-electron chi connectivity index (χ4n) is 2.56. The van der Waals surface area contributed by atoms with Crippen molar-refractivity contribution in [1.29, 1.82) is 0 Å². The quantitative estimate of drug-likeness (QED) is 0.860. The average molecular weight is 372 g/mol. The number of carbonyl (C=O) groups is 1. The van der Waals surface area contributed by atoms with E-state index < -0.39 is 0 Å². The van der Waals surface area contributed by atoms with Crippen LogP contribution in [0, 0.1) is 5.92 Å². The second-order valence-electron chi connectivity index (χ2n) is 5.43. The molecule has 1 fully saturated rings. The lowest BCUT2D eigenvalue weighted by Crippen LogP contribution is -2.37. The first-order chi connectivity index (χ1) is 10.7. The van der Waals surface area contributed by atoms with Gasteiger partial charge in [0, 0.05) is 29.1 Å².